The topological polar surface area (TPSA) is 61.6 Å². The normalized spacial score (nSPS) is 26.6. The van der Waals surface area contributed by atoms with Gasteiger partial charge in [-0.25, -0.2) is 0 Å². The van der Waals surface area contributed by atoms with Gasteiger partial charge in [-0.2, -0.15) is 0 Å². The lowest BCUT2D eigenvalue weighted by Crippen LogP contribution is -2.44. The van der Waals surface area contributed by atoms with Gasteiger partial charge in [-0.3, -0.25) is 9.69 Å². The molecule has 1 amide bonds. The van der Waals surface area contributed by atoms with Gasteiger partial charge in [-0.05, 0) is 26.9 Å². The number of hydrogen-bond acceptors (Lipinski definition) is 4. The number of nitrogens with two attached hydrogens (primary N) is 1. The van der Waals surface area contributed by atoms with E-state index in [0.717, 1.165) is 13.1 Å². The van der Waals surface area contributed by atoms with E-state index in [9.17, 15) is 4.79 Å². The average molecular weight is 256 g/mol. The van der Waals surface area contributed by atoms with Crippen molar-refractivity contribution in [2.45, 2.75) is 32.4 Å². The highest BCUT2D eigenvalue weighted by atomic mass is 16.1. The lowest BCUT2D eigenvalue weighted by atomic mass is 10.1. The average Bonchev–Trinajstić information content (AvgIpc) is 2.68. The molecule has 1 saturated heterocycles. The van der Waals surface area contributed by atoms with Crippen LogP contribution in [0.3, 0.4) is 0 Å². The number of hydrogen-bond donors (Lipinski definition) is 2. The van der Waals surface area contributed by atoms with Gasteiger partial charge < -0.3 is 16.0 Å². The number of nitrogens with one attached hydrogen (secondary N) is 1. The third-order valence-corrected chi connectivity index (χ3v) is 3.85. The second-order valence-corrected chi connectivity index (χ2v) is 5.51. The van der Waals surface area contributed by atoms with Crippen LogP contribution in [0.1, 0.15) is 20.3 Å². The van der Waals surface area contributed by atoms with E-state index >= 15 is 0 Å². The fourth-order valence-electron chi connectivity index (χ4n) is 2.80. The van der Waals surface area contributed by atoms with Crippen LogP contribution in [0, 0.1) is 5.92 Å². The summed E-state index contributed by atoms with van der Waals surface area (Å²) in [6.45, 7) is 7.48. The van der Waals surface area contributed by atoms with Crippen molar-refractivity contribution in [2.24, 2.45) is 11.7 Å². The highest BCUT2D eigenvalue weighted by molar-refractivity contribution is 5.76. The zero-order valence-electron chi connectivity index (χ0n) is 12.1. The predicted octanol–water partition coefficient (Wildman–Crippen LogP) is -0.278. The van der Waals surface area contributed by atoms with Gasteiger partial charge >= 0.3 is 0 Å². The van der Waals surface area contributed by atoms with Crippen LogP contribution in [-0.2, 0) is 4.79 Å². The summed E-state index contributed by atoms with van der Waals surface area (Å²) in [5.41, 5.74) is 5.83. The molecule has 0 radical (unpaired) electrons. The lowest BCUT2D eigenvalue weighted by molar-refractivity contribution is -0.122. The van der Waals surface area contributed by atoms with Crippen molar-refractivity contribution >= 4 is 5.91 Å². The summed E-state index contributed by atoms with van der Waals surface area (Å²) in [6.07, 6.45) is 0.511. The third-order valence-electron chi connectivity index (χ3n) is 3.85. The van der Waals surface area contributed by atoms with Gasteiger partial charge in [0.25, 0.3) is 0 Å². The van der Waals surface area contributed by atoms with Crippen LogP contribution < -0.4 is 11.1 Å². The Balaban J connectivity index is 2.54. The first kappa shape index (κ1) is 15.4. The van der Waals surface area contributed by atoms with Crippen LogP contribution in [0.5, 0.6) is 0 Å². The van der Waals surface area contributed by atoms with Crippen LogP contribution in [0.15, 0.2) is 0 Å². The summed E-state index contributed by atoms with van der Waals surface area (Å²) in [4.78, 5) is 16.3. The third kappa shape index (κ3) is 3.93. The molecule has 5 nitrogen and oxygen atoms in total. The summed E-state index contributed by atoms with van der Waals surface area (Å²) >= 11 is 0. The zero-order chi connectivity index (χ0) is 13.7. The number of nitrogens with zero attached hydrogens (tertiary/aromatic N) is 2. The number of likely N-dealkylation sites (N-methyl/N-ethyl adjacent to an activating group) is 1. The highest BCUT2D eigenvalue weighted by Gasteiger charge is 2.34. The van der Waals surface area contributed by atoms with Crippen molar-refractivity contribution < 1.29 is 4.79 Å². The summed E-state index contributed by atoms with van der Waals surface area (Å²) in [7, 11) is 4.23. The molecular weight excluding hydrogens is 228 g/mol. The lowest BCUT2D eigenvalue weighted by Gasteiger charge is -2.27. The number of carbonyl (C=O) groups is 1. The molecule has 1 aliphatic heterocycles. The monoisotopic (exact) mass is 256 g/mol. The van der Waals surface area contributed by atoms with Gasteiger partial charge in [-0.1, -0.05) is 6.92 Å². The molecule has 18 heavy (non-hydrogen) atoms. The molecule has 0 spiro atoms. The molecule has 0 aromatic rings. The molecule has 3 unspecified atom stereocenters. The van der Waals surface area contributed by atoms with Crippen LogP contribution in [0.4, 0.5) is 0 Å². The molecule has 1 aliphatic rings. The summed E-state index contributed by atoms with van der Waals surface area (Å²) in [5.74, 6) is 0.734. The molecule has 3 N–H and O–H groups in total. The molecule has 0 saturated carbocycles. The Labute approximate surface area is 111 Å². The number of rotatable bonds is 6. The Bertz CT molecular complexity index is 270. The van der Waals surface area contributed by atoms with E-state index in [0.29, 0.717) is 31.5 Å². The van der Waals surface area contributed by atoms with Gasteiger partial charge in [0.15, 0.2) is 0 Å². The Kier molecular flexibility index (Phi) is 6.05. The standard InChI is InChI=1S/C13H28N4O/c1-5-15-13(18)6-11(7-14)17-8-10(2)12(9-17)16(3)4/h10-12H,5-9,14H2,1-4H3,(H,15,18). The van der Waals surface area contributed by atoms with Crippen molar-refractivity contribution in [3.63, 3.8) is 0 Å². The van der Waals surface area contributed by atoms with Crippen molar-refractivity contribution in [3.8, 4) is 0 Å². The zero-order valence-corrected chi connectivity index (χ0v) is 12.1. The van der Waals surface area contributed by atoms with Crippen LogP contribution in [-0.4, -0.2) is 68.1 Å². The summed E-state index contributed by atoms with van der Waals surface area (Å²) in [5, 5.41) is 2.85. The van der Waals surface area contributed by atoms with Gasteiger partial charge in [0.05, 0.1) is 0 Å². The van der Waals surface area contributed by atoms with Crippen LogP contribution >= 0.6 is 0 Å². The number of amides is 1. The molecule has 106 valence electrons. The minimum Gasteiger partial charge on any atom is -0.356 e. The smallest absolute Gasteiger partial charge is 0.221 e. The van der Waals surface area contributed by atoms with E-state index in [1.807, 2.05) is 6.92 Å². The minimum atomic E-state index is 0.105. The predicted molar refractivity (Wildman–Crippen MR) is 74.4 cm³/mol. The molecular formula is C13H28N4O. The molecule has 0 bridgehead atoms. The number of likely N-dealkylation sites (tertiary alicyclic amines) is 1. The van der Waals surface area contributed by atoms with Crippen molar-refractivity contribution in [1.29, 1.82) is 0 Å². The van der Waals surface area contributed by atoms with E-state index in [4.69, 9.17) is 5.73 Å². The van der Waals surface area contributed by atoms with Gasteiger partial charge in [0.2, 0.25) is 5.91 Å². The SMILES string of the molecule is CCNC(=O)CC(CN)N1CC(C)C(N(C)C)C1. The van der Waals surface area contributed by atoms with Crippen LogP contribution in [0.2, 0.25) is 0 Å². The van der Waals surface area contributed by atoms with E-state index < -0.39 is 0 Å². The molecule has 0 aromatic carbocycles. The fourth-order valence-corrected chi connectivity index (χ4v) is 2.80. The maximum Gasteiger partial charge on any atom is 0.221 e. The van der Waals surface area contributed by atoms with Gasteiger partial charge in [0.1, 0.15) is 0 Å². The van der Waals surface area contributed by atoms with Crippen molar-refractivity contribution in [2.75, 3.05) is 40.3 Å². The largest absolute Gasteiger partial charge is 0.356 e. The second-order valence-electron chi connectivity index (χ2n) is 5.51. The first-order valence-corrected chi connectivity index (χ1v) is 6.86. The Morgan fingerprint density at radius 2 is 2.17 bits per heavy atom. The minimum absolute atomic E-state index is 0.105. The fraction of sp³-hybridized carbons (Fsp3) is 0.923. The van der Waals surface area contributed by atoms with Gasteiger partial charge in [0, 0.05) is 44.7 Å². The highest BCUT2D eigenvalue weighted by Crippen LogP contribution is 2.22. The van der Waals surface area contributed by atoms with E-state index in [1.165, 1.54) is 0 Å². The molecule has 5 heteroatoms. The molecule has 1 heterocycles. The van der Waals surface area contributed by atoms with Crippen molar-refractivity contribution in [3.05, 3.63) is 0 Å². The van der Waals surface area contributed by atoms with Crippen LogP contribution in [0.25, 0.3) is 0 Å². The van der Waals surface area contributed by atoms with Gasteiger partial charge in [-0.15, -0.1) is 0 Å². The van der Waals surface area contributed by atoms with E-state index in [2.05, 4.69) is 36.1 Å². The Hall–Kier alpha value is -0.650. The molecule has 3 atom stereocenters. The Morgan fingerprint density at radius 1 is 1.50 bits per heavy atom. The number of carbonyl (C=O) groups excluding carboxylic acids is 1. The Morgan fingerprint density at radius 3 is 2.61 bits per heavy atom. The maximum atomic E-state index is 11.7. The summed E-state index contributed by atoms with van der Waals surface area (Å²) in [6, 6.07) is 0.734. The quantitative estimate of drug-likeness (QED) is 0.686. The maximum absolute atomic E-state index is 11.7. The van der Waals surface area contributed by atoms with E-state index in [-0.39, 0.29) is 11.9 Å². The van der Waals surface area contributed by atoms with Crippen molar-refractivity contribution in [1.82, 2.24) is 15.1 Å². The second kappa shape index (κ2) is 7.07. The first-order chi connectivity index (χ1) is 8.49. The molecule has 0 aliphatic carbocycles. The molecule has 1 rings (SSSR count). The van der Waals surface area contributed by atoms with E-state index in [1.54, 1.807) is 0 Å². The summed E-state index contributed by atoms with van der Waals surface area (Å²) < 4.78 is 0. The molecule has 0 aromatic heterocycles. The first-order valence-electron chi connectivity index (χ1n) is 6.86. The molecule has 1 fully saturated rings.